The number of carbonyl (C=O) groups is 2. The summed E-state index contributed by atoms with van der Waals surface area (Å²) in [6.07, 6.45) is 1.30. The zero-order valence-electron chi connectivity index (χ0n) is 12.2. The summed E-state index contributed by atoms with van der Waals surface area (Å²) in [4.78, 5) is 23.8. The molecule has 1 aromatic carbocycles. The van der Waals surface area contributed by atoms with Crippen LogP contribution in [0.4, 0.5) is 5.69 Å². The number of rotatable bonds is 6. The van der Waals surface area contributed by atoms with Crippen LogP contribution < -0.4 is 15.8 Å². The SMILES string of the molecule is CCOC(=O)c1ccc(N)cc1OC(C)C(=O)NC1CC1. The highest BCUT2D eigenvalue weighted by atomic mass is 16.5. The molecule has 1 fully saturated rings. The quantitative estimate of drug-likeness (QED) is 0.612. The fraction of sp³-hybridized carbons (Fsp3) is 0.467. The minimum Gasteiger partial charge on any atom is -0.480 e. The van der Waals surface area contributed by atoms with E-state index in [0.717, 1.165) is 12.8 Å². The van der Waals surface area contributed by atoms with Gasteiger partial charge < -0.3 is 20.5 Å². The number of amides is 1. The first-order valence-electron chi connectivity index (χ1n) is 7.05. The van der Waals surface area contributed by atoms with E-state index >= 15 is 0 Å². The molecule has 0 aliphatic heterocycles. The van der Waals surface area contributed by atoms with E-state index in [4.69, 9.17) is 15.2 Å². The van der Waals surface area contributed by atoms with Gasteiger partial charge in [-0.3, -0.25) is 4.79 Å². The second-order valence-electron chi connectivity index (χ2n) is 5.02. The highest BCUT2D eigenvalue weighted by molar-refractivity contribution is 5.93. The zero-order valence-corrected chi connectivity index (χ0v) is 12.2. The molecule has 0 spiro atoms. The van der Waals surface area contributed by atoms with Crippen LogP contribution >= 0.6 is 0 Å². The number of carbonyl (C=O) groups excluding carboxylic acids is 2. The van der Waals surface area contributed by atoms with Gasteiger partial charge in [-0.25, -0.2) is 4.79 Å². The molecule has 1 aromatic rings. The predicted octanol–water partition coefficient (Wildman–Crippen LogP) is 1.49. The van der Waals surface area contributed by atoms with E-state index in [1.165, 1.54) is 12.1 Å². The minimum absolute atomic E-state index is 0.199. The molecule has 0 saturated heterocycles. The molecule has 1 aliphatic rings. The molecule has 21 heavy (non-hydrogen) atoms. The maximum atomic E-state index is 11.9. The van der Waals surface area contributed by atoms with Crippen molar-refractivity contribution in [3.8, 4) is 5.75 Å². The lowest BCUT2D eigenvalue weighted by molar-refractivity contribution is -0.127. The molecular weight excluding hydrogens is 272 g/mol. The third-order valence-electron chi connectivity index (χ3n) is 3.10. The number of benzene rings is 1. The summed E-state index contributed by atoms with van der Waals surface area (Å²) >= 11 is 0. The van der Waals surface area contributed by atoms with Gasteiger partial charge in [0.15, 0.2) is 6.10 Å². The Hall–Kier alpha value is -2.24. The minimum atomic E-state index is -0.708. The summed E-state index contributed by atoms with van der Waals surface area (Å²) in [5, 5.41) is 2.85. The van der Waals surface area contributed by atoms with Crippen LogP contribution in [-0.2, 0) is 9.53 Å². The maximum Gasteiger partial charge on any atom is 0.341 e. The number of nitrogens with one attached hydrogen (secondary N) is 1. The molecule has 2 rings (SSSR count). The number of ether oxygens (including phenoxy) is 2. The summed E-state index contributed by atoms with van der Waals surface area (Å²) in [5.41, 5.74) is 6.42. The summed E-state index contributed by atoms with van der Waals surface area (Å²) in [6, 6.07) is 4.91. The van der Waals surface area contributed by atoms with Crippen LogP contribution in [0.25, 0.3) is 0 Å². The Morgan fingerprint density at radius 2 is 2.14 bits per heavy atom. The Labute approximate surface area is 123 Å². The molecule has 114 valence electrons. The third kappa shape index (κ3) is 4.11. The third-order valence-corrected chi connectivity index (χ3v) is 3.10. The van der Waals surface area contributed by atoms with Crippen LogP contribution in [-0.4, -0.2) is 30.6 Å². The largest absolute Gasteiger partial charge is 0.480 e. The first-order valence-corrected chi connectivity index (χ1v) is 7.05. The fourth-order valence-corrected chi connectivity index (χ4v) is 1.80. The van der Waals surface area contributed by atoms with Crippen LogP contribution in [0.5, 0.6) is 5.75 Å². The first kappa shape index (κ1) is 15.2. The molecule has 0 bridgehead atoms. The van der Waals surface area contributed by atoms with E-state index in [-0.39, 0.29) is 29.9 Å². The van der Waals surface area contributed by atoms with Gasteiger partial charge in [-0.2, -0.15) is 0 Å². The molecule has 1 aliphatic carbocycles. The zero-order chi connectivity index (χ0) is 15.4. The summed E-state index contributed by atoms with van der Waals surface area (Å²) in [6.45, 7) is 3.62. The van der Waals surface area contributed by atoms with Crippen molar-refractivity contribution in [3.63, 3.8) is 0 Å². The fourth-order valence-electron chi connectivity index (χ4n) is 1.80. The van der Waals surface area contributed by atoms with Gasteiger partial charge in [-0.15, -0.1) is 0 Å². The Bertz CT molecular complexity index is 540. The van der Waals surface area contributed by atoms with Gasteiger partial charge in [-0.05, 0) is 38.8 Å². The van der Waals surface area contributed by atoms with Crippen molar-refractivity contribution in [2.75, 3.05) is 12.3 Å². The van der Waals surface area contributed by atoms with Crippen LogP contribution in [0.2, 0.25) is 0 Å². The number of anilines is 1. The van der Waals surface area contributed by atoms with Gasteiger partial charge in [0.1, 0.15) is 11.3 Å². The van der Waals surface area contributed by atoms with E-state index < -0.39 is 12.1 Å². The predicted molar refractivity (Wildman–Crippen MR) is 78.1 cm³/mol. The van der Waals surface area contributed by atoms with Gasteiger partial charge in [0.25, 0.3) is 5.91 Å². The van der Waals surface area contributed by atoms with E-state index in [2.05, 4.69) is 5.32 Å². The molecule has 1 amide bonds. The number of hydrogen-bond donors (Lipinski definition) is 2. The number of hydrogen-bond acceptors (Lipinski definition) is 5. The van der Waals surface area contributed by atoms with Crippen LogP contribution in [0.1, 0.15) is 37.0 Å². The monoisotopic (exact) mass is 292 g/mol. The number of nitrogens with two attached hydrogens (primary N) is 1. The normalized spacial score (nSPS) is 15.1. The van der Waals surface area contributed by atoms with Crippen molar-refractivity contribution in [1.82, 2.24) is 5.32 Å². The van der Waals surface area contributed by atoms with E-state index in [0.29, 0.717) is 5.69 Å². The van der Waals surface area contributed by atoms with Crippen molar-refractivity contribution >= 4 is 17.6 Å². The van der Waals surface area contributed by atoms with Crippen molar-refractivity contribution in [3.05, 3.63) is 23.8 Å². The second kappa shape index (κ2) is 6.47. The lowest BCUT2D eigenvalue weighted by Crippen LogP contribution is -2.37. The first-order chi connectivity index (χ1) is 10.0. The summed E-state index contributed by atoms with van der Waals surface area (Å²) in [7, 11) is 0. The molecule has 1 atom stereocenters. The van der Waals surface area contributed by atoms with Crippen LogP contribution in [0.3, 0.4) is 0 Å². The van der Waals surface area contributed by atoms with Crippen LogP contribution in [0, 0.1) is 0 Å². The van der Waals surface area contributed by atoms with Gasteiger partial charge in [0.2, 0.25) is 0 Å². The second-order valence-corrected chi connectivity index (χ2v) is 5.02. The van der Waals surface area contributed by atoms with Gasteiger partial charge in [-0.1, -0.05) is 0 Å². The van der Waals surface area contributed by atoms with Crippen molar-refractivity contribution in [1.29, 1.82) is 0 Å². The molecule has 1 unspecified atom stereocenters. The van der Waals surface area contributed by atoms with Gasteiger partial charge >= 0.3 is 5.97 Å². The molecular formula is C15H20N2O4. The number of esters is 1. The van der Waals surface area contributed by atoms with Gasteiger partial charge in [0.05, 0.1) is 6.61 Å². The maximum absolute atomic E-state index is 11.9. The smallest absolute Gasteiger partial charge is 0.341 e. The molecule has 0 aromatic heterocycles. The van der Waals surface area contributed by atoms with E-state index in [9.17, 15) is 9.59 Å². The average molecular weight is 292 g/mol. The van der Waals surface area contributed by atoms with E-state index in [1.54, 1.807) is 19.9 Å². The van der Waals surface area contributed by atoms with E-state index in [1.807, 2.05) is 0 Å². The lowest BCUT2D eigenvalue weighted by atomic mass is 10.2. The Morgan fingerprint density at radius 1 is 1.43 bits per heavy atom. The standard InChI is InChI=1S/C15H20N2O4/c1-3-20-15(19)12-7-4-10(16)8-13(12)21-9(2)14(18)17-11-5-6-11/h4,7-9,11H,3,5-6,16H2,1-2H3,(H,17,18). The summed E-state index contributed by atoms with van der Waals surface area (Å²) in [5.74, 6) is -0.441. The molecule has 1 saturated carbocycles. The van der Waals surface area contributed by atoms with Crippen molar-refractivity contribution in [2.24, 2.45) is 0 Å². The van der Waals surface area contributed by atoms with Crippen molar-refractivity contribution < 1.29 is 19.1 Å². The molecule has 0 radical (unpaired) electrons. The van der Waals surface area contributed by atoms with Crippen molar-refractivity contribution in [2.45, 2.75) is 38.8 Å². The Balaban J connectivity index is 2.11. The molecule has 3 N–H and O–H groups in total. The van der Waals surface area contributed by atoms with Gasteiger partial charge in [0, 0.05) is 17.8 Å². The average Bonchev–Trinajstić information content (AvgIpc) is 3.23. The Morgan fingerprint density at radius 3 is 2.76 bits per heavy atom. The highest BCUT2D eigenvalue weighted by Gasteiger charge is 2.27. The highest BCUT2D eigenvalue weighted by Crippen LogP contribution is 2.24. The Kier molecular flexibility index (Phi) is 4.67. The van der Waals surface area contributed by atoms with Crippen LogP contribution in [0.15, 0.2) is 18.2 Å². The summed E-state index contributed by atoms with van der Waals surface area (Å²) < 4.78 is 10.6. The topological polar surface area (TPSA) is 90.7 Å². The lowest BCUT2D eigenvalue weighted by Gasteiger charge is -2.17. The molecule has 6 heteroatoms. The molecule has 0 heterocycles. The molecule has 6 nitrogen and oxygen atoms in total. The number of nitrogen functional groups attached to an aromatic ring is 1.